The van der Waals surface area contributed by atoms with Crippen molar-refractivity contribution >= 4 is 45.1 Å². The zero-order valence-corrected chi connectivity index (χ0v) is 15.7. The van der Waals surface area contributed by atoms with E-state index in [1.165, 1.54) is 6.92 Å². The summed E-state index contributed by atoms with van der Waals surface area (Å²) in [6.07, 6.45) is 0.124. The zero-order chi connectivity index (χ0) is 18.7. The highest BCUT2D eigenvalue weighted by molar-refractivity contribution is 9.10. The minimum absolute atomic E-state index is 0.102. The second-order valence-corrected chi connectivity index (χ2v) is 6.92. The van der Waals surface area contributed by atoms with E-state index in [0.717, 1.165) is 10.2 Å². The lowest BCUT2D eigenvalue weighted by atomic mass is 10.1. The molecule has 1 saturated heterocycles. The number of amides is 2. The molecule has 0 aliphatic carbocycles. The highest BCUT2D eigenvalue weighted by atomic mass is 79.9. The first-order valence-corrected chi connectivity index (χ1v) is 8.87. The van der Waals surface area contributed by atoms with Gasteiger partial charge in [0.05, 0.1) is 5.92 Å². The molecule has 2 aromatic rings. The highest BCUT2D eigenvalue weighted by Gasteiger charge is 2.36. The molecule has 7 heteroatoms. The van der Waals surface area contributed by atoms with Crippen LogP contribution in [0, 0.1) is 5.92 Å². The van der Waals surface area contributed by atoms with Crippen molar-refractivity contribution in [2.24, 2.45) is 5.92 Å². The van der Waals surface area contributed by atoms with Gasteiger partial charge in [-0.15, -0.1) is 0 Å². The molecule has 0 spiro atoms. The molecule has 0 radical (unpaired) electrons. The molecule has 1 fully saturated rings. The first kappa shape index (κ1) is 18.1. The van der Waals surface area contributed by atoms with E-state index in [1.54, 1.807) is 29.2 Å². The van der Waals surface area contributed by atoms with Crippen molar-refractivity contribution in [2.75, 3.05) is 16.8 Å². The highest BCUT2D eigenvalue weighted by Crippen LogP contribution is 2.27. The van der Waals surface area contributed by atoms with Crippen molar-refractivity contribution in [3.8, 4) is 5.75 Å². The van der Waals surface area contributed by atoms with Crippen molar-refractivity contribution in [3.63, 3.8) is 0 Å². The molecule has 1 N–H and O–H groups in total. The van der Waals surface area contributed by atoms with Crippen LogP contribution in [0.5, 0.6) is 5.75 Å². The summed E-state index contributed by atoms with van der Waals surface area (Å²) in [6.45, 7) is 1.71. The first-order valence-electron chi connectivity index (χ1n) is 8.07. The number of ether oxygens (including phenoxy) is 1. The Balaban J connectivity index is 1.62. The van der Waals surface area contributed by atoms with Gasteiger partial charge in [0.2, 0.25) is 11.8 Å². The van der Waals surface area contributed by atoms with Gasteiger partial charge in [-0.1, -0.05) is 15.9 Å². The lowest BCUT2D eigenvalue weighted by molar-refractivity contribution is -0.139. The Bertz CT molecular complexity index is 834. The molecule has 0 aromatic heterocycles. The summed E-state index contributed by atoms with van der Waals surface area (Å²) >= 11 is 3.36. The van der Waals surface area contributed by atoms with Crippen LogP contribution in [-0.2, 0) is 14.4 Å². The summed E-state index contributed by atoms with van der Waals surface area (Å²) in [4.78, 5) is 37.2. The second-order valence-electron chi connectivity index (χ2n) is 6.01. The summed E-state index contributed by atoms with van der Waals surface area (Å²) in [5.74, 6) is -0.854. The van der Waals surface area contributed by atoms with Crippen LogP contribution in [0.15, 0.2) is 53.0 Å². The average molecular weight is 417 g/mol. The third-order valence-corrected chi connectivity index (χ3v) is 4.52. The molecule has 6 nitrogen and oxygen atoms in total. The van der Waals surface area contributed by atoms with Crippen LogP contribution in [0.25, 0.3) is 0 Å². The molecule has 1 aliphatic heterocycles. The Kier molecular flexibility index (Phi) is 5.37. The van der Waals surface area contributed by atoms with Gasteiger partial charge in [-0.2, -0.15) is 0 Å². The van der Waals surface area contributed by atoms with Crippen LogP contribution in [-0.4, -0.2) is 24.3 Å². The summed E-state index contributed by atoms with van der Waals surface area (Å²) < 4.78 is 6.29. The van der Waals surface area contributed by atoms with E-state index in [4.69, 9.17) is 4.74 Å². The maximum atomic E-state index is 12.4. The minimum atomic E-state index is -0.513. The summed E-state index contributed by atoms with van der Waals surface area (Å²) in [6, 6.07) is 13.9. The van der Waals surface area contributed by atoms with Gasteiger partial charge in [-0.3, -0.25) is 14.4 Å². The summed E-state index contributed by atoms with van der Waals surface area (Å²) in [5.41, 5.74) is 1.38. The van der Waals surface area contributed by atoms with E-state index < -0.39 is 11.9 Å². The number of hydrogen-bond acceptors (Lipinski definition) is 4. The number of halogens is 1. The number of carbonyl (C=O) groups is 3. The predicted octanol–water partition coefficient (Wildman–Crippen LogP) is 3.37. The normalized spacial score (nSPS) is 16.5. The lowest BCUT2D eigenvalue weighted by Gasteiger charge is -2.16. The van der Waals surface area contributed by atoms with Crippen LogP contribution in [0.3, 0.4) is 0 Å². The van der Waals surface area contributed by atoms with E-state index in [0.29, 0.717) is 18.0 Å². The number of hydrogen-bond donors (Lipinski definition) is 1. The third kappa shape index (κ3) is 4.29. The molecule has 1 aliphatic rings. The number of anilines is 2. The maximum Gasteiger partial charge on any atom is 0.316 e. The third-order valence-electron chi connectivity index (χ3n) is 3.99. The Morgan fingerprint density at radius 1 is 1.12 bits per heavy atom. The Labute approximate surface area is 159 Å². The van der Waals surface area contributed by atoms with Gasteiger partial charge >= 0.3 is 5.97 Å². The van der Waals surface area contributed by atoms with Crippen LogP contribution < -0.4 is 15.0 Å². The van der Waals surface area contributed by atoms with Gasteiger partial charge in [0.25, 0.3) is 0 Å². The lowest BCUT2D eigenvalue weighted by Crippen LogP contribution is -2.27. The molecular formula is C19H17BrN2O4. The largest absolute Gasteiger partial charge is 0.426 e. The fourth-order valence-corrected chi connectivity index (χ4v) is 3.01. The quantitative estimate of drug-likeness (QED) is 0.612. The predicted molar refractivity (Wildman–Crippen MR) is 101 cm³/mol. The molecule has 2 amide bonds. The molecule has 1 unspecified atom stereocenters. The van der Waals surface area contributed by atoms with Crippen molar-refractivity contribution in [3.05, 3.63) is 53.0 Å². The molecule has 2 aromatic carbocycles. The SMILES string of the molecule is CC(=O)Nc1ccc(OC(=O)C2CC(=O)N(c3ccc(Br)cc3)C2)cc1. The van der Waals surface area contributed by atoms with E-state index in [1.807, 2.05) is 24.3 Å². The molecule has 3 rings (SSSR count). The topological polar surface area (TPSA) is 75.7 Å². The van der Waals surface area contributed by atoms with Crippen molar-refractivity contribution < 1.29 is 19.1 Å². The number of rotatable bonds is 4. The van der Waals surface area contributed by atoms with Crippen LogP contribution in [0.2, 0.25) is 0 Å². The number of esters is 1. The van der Waals surface area contributed by atoms with Crippen molar-refractivity contribution in [1.82, 2.24) is 0 Å². The molecule has 26 heavy (non-hydrogen) atoms. The van der Waals surface area contributed by atoms with Crippen LogP contribution in [0.1, 0.15) is 13.3 Å². The summed E-state index contributed by atoms with van der Waals surface area (Å²) in [7, 11) is 0. The van der Waals surface area contributed by atoms with E-state index in [-0.39, 0.29) is 18.2 Å². The standard InChI is InChI=1S/C19H17BrN2O4/c1-12(23)21-15-4-8-17(9-5-15)26-19(25)13-10-18(24)22(11-13)16-6-2-14(20)3-7-16/h2-9,13H,10-11H2,1H3,(H,21,23). The van der Waals surface area contributed by atoms with Gasteiger partial charge in [0.15, 0.2) is 0 Å². The fourth-order valence-electron chi connectivity index (χ4n) is 2.75. The van der Waals surface area contributed by atoms with Crippen molar-refractivity contribution in [1.29, 1.82) is 0 Å². The second kappa shape index (κ2) is 7.70. The average Bonchev–Trinajstić information content (AvgIpc) is 2.99. The van der Waals surface area contributed by atoms with Gasteiger partial charge < -0.3 is 15.0 Å². The number of carbonyl (C=O) groups excluding carboxylic acids is 3. The van der Waals surface area contributed by atoms with Gasteiger partial charge in [0.1, 0.15) is 5.75 Å². The summed E-state index contributed by atoms with van der Waals surface area (Å²) in [5, 5.41) is 2.64. The first-order chi connectivity index (χ1) is 12.4. The van der Waals surface area contributed by atoms with Crippen LogP contribution in [0.4, 0.5) is 11.4 Å². The van der Waals surface area contributed by atoms with E-state index in [2.05, 4.69) is 21.2 Å². The maximum absolute atomic E-state index is 12.4. The van der Waals surface area contributed by atoms with Crippen LogP contribution >= 0.6 is 15.9 Å². The molecule has 0 bridgehead atoms. The Hall–Kier alpha value is -2.67. The number of nitrogens with one attached hydrogen (secondary N) is 1. The number of nitrogens with zero attached hydrogens (tertiary/aromatic N) is 1. The van der Waals surface area contributed by atoms with E-state index >= 15 is 0 Å². The van der Waals surface area contributed by atoms with E-state index in [9.17, 15) is 14.4 Å². The Morgan fingerprint density at radius 3 is 2.38 bits per heavy atom. The molecule has 1 atom stereocenters. The fraction of sp³-hybridized carbons (Fsp3) is 0.211. The minimum Gasteiger partial charge on any atom is -0.426 e. The van der Waals surface area contributed by atoms with Gasteiger partial charge in [0, 0.05) is 35.7 Å². The monoisotopic (exact) mass is 416 g/mol. The molecular weight excluding hydrogens is 400 g/mol. The van der Waals surface area contributed by atoms with Crippen molar-refractivity contribution in [2.45, 2.75) is 13.3 Å². The molecule has 134 valence electrons. The van der Waals surface area contributed by atoms with Gasteiger partial charge in [-0.25, -0.2) is 0 Å². The zero-order valence-electron chi connectivity index (χ0n) is 14.1. The van der Waals surface area contributed by atoms with Gasteiger partial charge in [-0.05, 0) is 48.5 Å². The number of benzene rings is 2. The Morgan fingerprint density at radius 2 is 1.77 bits per heavy atom. The molecule has 0 saturated carbocycles. The smallest absolute Gasteiger partial charge is 0.316 e. The molecule has 1 heterocycles.